The molecule has 1 N–H and O–H groups in total. The number of nitrogens with zero attached hydrogens (tertiary/aromatic N) is 3. The summed E-state index contributed by atoms with van der Waals surface area (Å²) >= 11 is 2.83. The summed E-state index contributed by atoms with van der Waals surface area (Å²) in [6.07, 6.45) is 1.51. The lowest BCUT2D eigenvalue weighted by atomic mass is 10.4. The van der Waals surface area contributed by atoms with Crippen LogP contribution in [-0.4, -0.2) is 26.1 Å². The number of anilines is 1. The predicted molar refractivity (Wildman–Crippen MR) is 77.6 cm³/mol. The second-order valence-corrected chi connectivity index (χ2v) is 6.26. The van der Waals surface area contributed by atoms with E-state index in [0.29, 0.717) is 5.13 Å². The normalized spacial score (nSPS) is 12.2. The van der Waals surface area contributed by atoms with Crippen molar-refractivity contribution in [1.82, 2.24) is 15.0 Å². The van der Waals surface area contributed by atoms with Gasteiger partial charge in [-0.05, 0) is 26.8 Å². The maximum atomic E-state index is 12.0. The molecular weight excluding hydrogens is 280 g/mol. The summed E-state index contributed by atoms with van der Waals surface area (Å²) in [6, 6.07) is 1.86. The van der Waals surface area contributed by atoms with Crippen molar-refractivity contribution in [3.8, 4) is 0 Å². The Kier molecular flexibility index (Phi) is 4.49. The van der Waals surface area contributed by atoms with Crippen LogP contribution in [0.15, 0.2) is 22.8 Å². The molecule has 0 radical (unpaired) electrons. The van der Waals surface area contributed by atoms with Gasteiger partial charge in [-0.3, -0.25) is 4.79 Å². The second-order valence-electron chi connectivity index (χ2n) is 4.04. The number of carbonyl (C=O) groups is 1. The summed E-state index contributed by atoms with van der Waals surface area (Å²) in [5, 5.41) is 5.90. The predicted octanol–water partition coefficient (Wildman–Crippen LogP) is 2.67. The number of hydrogen-bond donors (Lipinski definition) is 1. The van der Waals surface area contributed by atoms with E-state index in [2.05, 4.69) is 20.3 Å². The van der Waals surface area contributed by atoms with E-state index in [1.807, 2.05) is 32.2 Å². The Labute approximate surface area is 119 Å². The zero-order valence-corrected chi connectivity index (χ0v) is 12.5. The van der Waals surface area contributed by atoms with Crippen LogP contribution in [0.4, 0.5) is 5.13 Å². The van der Waals surface area contributed by atoms with Crippen molar-refractivity contribution < 1.29 is 4.79 Å². The first-order chi connectivity index (χ1) is 9.04. The molecule has 0 saturated heterocycles. The molecule has 0 aliphatic carbocycles. The van der Waals surface area contributed by atoms with Crippen molar-refractivity contribution in [3.63, 3.8) is 0 Å². The van der Waals surface area contributed by atoms with Gasteiger partial charge in [0, 0.05) is 11.1 Å². The third-order valence-electron chi connectivity index (χ3n) is 2.29. The molecule has 0 bridgehead atoms. The van der Waals surface area contributed by atoms with Gasteiger partial charge in [0.05, 0.1) is 10.9 Å². The van der Waals surface area contributed by atoms with E-state index in [9.17, 15) is 4.79 Å². The zero-order valence-electron chi connectivity index (χ0n) is 10.9. The molecule has 0 unspecified atom stereocenters. The standard InChI is InChI=1S/C12H14N4OS2/c1-7-4-10(14-6-13-7)19-9(3)11(17)16-12-15-8(2)5-18-12/h4-6,9H,1-3H3,(H,15,16,17)/t9-/m0/s1. The highest BCUT2D eigenvalue weighted by Gasteiger charge is 2.16. The Morgan fingerprint density at radius 2 is 2.16 bits per heavy atom. The highest BCUT2D eigenvalue weighted by atomic mass is 32.2. The molecule has 0 fully saturated rings. The first-order valence-electron chi connectivity index (χ1n) is 5.73. The van der Waals surface area contributed by atoms with Gasteiger partial charge in [-0.1, -0.05) is 11.8 Å². The average molecular weight is 294 g/mol. The van der Waals surface area contributed by atoms with Crippen molar-refractivity contribution in [2.45, 2.75) is 31.0 Å². The molecule has 2 heterocycles. The molecule has 19 heavy (non-hydrogen) atoms. The van der Waals surface area contributed by atoms with Crippen LogP contribution in [0.5, 0.6) is 0 Å². The summed E-state index contributed by atoms with van der Waals surface area (Å²) in [5.74, 6) is -0.0735. The van der Waals surface area contributed by atoms with Crippen molar-refractivity contribution in [2.75, 3.05) is 5.32 Å². The van der Waals surface area contributed by atoms with Gasteiger partial charge in [-0.2, -0.15) is 0 Å². The van der Waals surface area contributed by atoms with Gasteiger partial charge in [0.2, 0.25) is 5.91 Å². The second kappa shape index (κ2) is 6.12. The van der Waals surface area contributed by atoms with Gasteiger partial charge in [-0.15, -0.1) is 11.3 Å². The van der Waals surface area contributed by atoms with Crippen LogP contribution in [0, 0.1) is 13.8 Å². The van der Waals surface area contributed by atoms with Crippen LogP contribution >= 0.6 is 23.1 Å². The summed E-state index contributed by atoms with van der Waals surface area (Å²) in [5.41, 5.74) is 1.80. The van der Waals surface area contributed by atoms with Crippen molar-refractivity contribution in [3.05, 3.63) is 29.2 Å². The topological polar surface area (TPSA) is 67.8 Å². The van der Waals surface area contributed by atoms with E-state index in [0.717, 1.165) is 16.4 Å². The molecule has 5 nitrogen and oxygen atoms in total. The van der Waals surface area contributed by atoms with Gasteiger partial charge >= 0.3 is 0 Å². The molecule has 2 aromatic rings. The van der Waals surface area contributed by atoms with Crippen LogP contribution in [0.25, 0.3) is 0 Å². The lowest BCUT2D eigenvalue weighted by Gasteiger charge is -2.09. The van der Waals surface area contributed by atoms with Crippen LogP contribution in [0.3, 0.4) is 0 Å². The minimum absolute atomic E-state index is 0.0735. The molecule has 0 spiro atoms. The Bertz CT molecular complexity index is 585. The van der Waals surface area contributed by atoms with E-state index in [-0.39, 0.29) is 11.2 Å². The number of carbonyl (C=O) groups excluding carboxylic acids is 1. The molecule has 2 aromatic heterocycles. The molecular formula is C12H14N4OS2. The van der Waals surface area contributed by atoms with E-state index in [4.69, 9.17) is 0 Å². The Morgan fingerprint density at radius 1 is 1.37 bits per heavy atom. The lowest BCUT2D eigenvalue weighted by molar-refractivity contribution is -0.115. The molecule has 2 rings (SSSR count). The minimum Gasteiger partial charge on any atom is -0.301 e. The van der Waals surface area contributed by atoms with E-state index in [1.165, 1.54) is 29.4 Å². The number of hydrogen-bond acceptors (Lipinski definition) is 6. The van der Waals surface area contributed by atoms with Crippen LogP contribution in [0.1, 0.15) is 18.3 Å². The van der Waals surface area contributed by atoms with Crippen molar-refractivity contribution in [1.29, 1.82) is 0 Å². The minimum atomic E-state index is -0.237. The van der Waals surface area contributed by atoms with Crippen LogP contribution < -0.4 is 5.32 Å². The number of nitrogens with one attached hydrogen (secondary N) is 1. The number of thioether (sulfide) groups is 1. The first-order valence-corrected chi connectivity index (χ1v) is 7.49. The molecule has 7 heteroatoms. The fourth-order valence-electron chi connectivity index (χ4n) is 1.35. The molecule has 0 aliphatic rings. The monoisotopic (exact) mass is 294 g/mol. The number of thiazole rings is 1. The van der Waals surface area contributed by atoms with Crippen LogP contribution in [0.2, 0.25) is 0 Å². The Morgan fingerprint density at radius 3 is 2.79 bits per heavy atom. The summed E-state index contributed by atoms with van der Waals surface area (Å²) in [6.45, 7) is 5.64. The highest BCUT2D eigenvalue weighted by molar-refractivity contribution is 8.00. The van der Waals surface area contributed by atoms with Gasteiger partial charge in [-0.25, -0.2) is 15.0 Å². The SMILES string of the molecule is Cc1cc(S[C@@H](C)C(=O)Nc2nc(C)cs2)ncn1. The zero-order chi connectivity index (χ0) is 13.8. The number of aryl methyl sites for hydroxylation is 2. The largest absolute Gasteiger partial charge is 0.301 e. The fraction of sp³-hybridized carbons (Fsp3) is 0.333. The summed E-state index contributed by atoms with van der Waals surface area (Å²) < 4.78 is 0. The van der Waals surface area contributed by atoms with Crippen molar-refractivity contribution in [2.24, 2.45) is 0 Å². The molecule has 0 saturated carbocycles. The van der Waals surface area contributed by atoms with Gasteiger partial charge in [0.15, 0.2) is 5.13 Å². The molecule has 0 aromatic carbocycles. The van der Waals surface area contributed by atoms with Gasteiger partial charge in [0.1, 0.15) is 11.4 Å². The third kappa shape index (κ3) is 4.00. The van der Waals surface area contributed by atoms with Gasteiger partial charge < -0.3 is 5.32 Å². The third-order valence-corrected chi connectivity index (χ3v) is 4.20. The quantitative estimate of drug-likeness (QED) is 0.693. The number of amides is 1. The maximum Gasteiger partial charge on any atom is 0.239 e. The first kappa shape index (κ1) is 14.0. The number of aromatic nitrogens is 3. The molecule has 1 amide bonds. The smallest absolute Gasteiger partial charge is 0.239 e. The molecule has 1 atom stereocenters. The Hall–Kier alpha value is -1.47. The highest BCUT2D eigenvalue weighted by Crippen LogP contribution is 2.23. The molecule has 0 aliphatic heterocycles. The van der Waals surface area contributed by atoms with E-state index in [1.54, 1.807) is 0 Å². The van der Waals surface area contributed by atoms with E-state index < -0.39 is 0 Å². The number of rotatable bonds is 4. The average Bonchev–Trinajstić information content (AvgIpc) is 2.74. The van der Waals surface area contributed by atoms with E-state index >= 15 is 0 Å². The maximum absolute atomic E-state index is 12.0. The summed E-state index contributed by atoms with van der Waals surface area (Å²) in [4.78, 5) is 24.4. The van der Waals surface area contributed by atoms with Gasteiger partial charge in [0.25, 0.3) is 0 Å². The molecule has 100 valence electrons. The lowest BCUT2D eigenvalue weighted by Crippen LogP contribution is -2.22. The van der Waals surface area contributed by atoms with Crippen LogP contribution in [-0.2, 0) is 4.79 Å². The summed E-state index contributed by atoms with van der Waals surface area (Å²) in [7, 11) is 0. The fourth-order valence-corrected chi connectivity index (χ4v) is 2.91. The van der Waals surface area contributed by atoms with Crippen molar-refractivity contribution >= 4 is 34.1 Å². The Balaban J connectivity index is 1.96.